The van der Waals surface area contributed by atoms with Crippen LogP contribution in [0.3, 0.4) is 0 Å². The van der Waals surface area contributed by atoms with Gasteiger partial charge in [0, 0.05) is 30.6 Å². The number of fused-ring (bicyclic) bond motifs is 1. The van der Waals surface area contributed by atoms with Crippen molar-refractivity contribution in [3.8, 4) is 22.8 Å². The van der Waals surface area contributed by atoms with E-state index in [2.05, 4.69) is 0 Å². The third-order valence-electron chi connectivity index (χ3n) is 4.95. The highest BCUT2D eigenvalue weighted by Gasteiger charge is 2.20. The number of hydrogen-bond donors (Lipinski definition) is 1. The zero-order valence-electron chi connectivity index (χ0n) is 16.6. The number of pyridine rings is 1. The summed E-state index contributed by atoms with van der Waals surface area (Å²) in [7, 11) is 4.95. The first kappa shape index (κ1) is 19.6. The molecule has 6 heteroatoms. The Balaban J connectivity index is 2.17. The van der Waals surface area contributed by atoms with Crippen molar-refractivity contribution in [3.63, 3.8) is 0 Å². The Kier molecular flexibility index (Phi) is 5.80. The van der Waals surface area contributed by atoms with Crippen molar-refractivity contribution in [2.45, 2.75) is 13.0 Å². The van der Waals surface area contributed by atoms with E-state index in [0.717, 1.165) is 16.5 Å². The van der Waals surface area contributed by atoms with Crippen LogP contribution in [0.25, 0.3) is 22.2 Å². The van der Waals surface area contributed by atoms with Gasteiger partial charge in [-0.2, -0.15) is 0 Å². The molecule has 1 amide bonds. The first-order valence-corrected chi connectivity index (χ1v) is 9.09. The monoisotopic (exact) mass is 379 g/mol. The Morgan fingerprint density at radius 2 is 1.82 bits per heavy atom. The molecule has 0 saturated heterocycles. The number of carbonyl (C=O) groups excluding carboxylic acids is 1. The highest BCUT2D eigenvalue weighted by Crippen LogP contribution is 2.33. The van der Waals surface area contributed by atoms with Gasteiger partial charge in [0.25, 0.3) is 5.91 Å². The van der Waals surface area contributed by atoms with Gasteiger partial charge >= 0.3 is 0 Å². The lowest BCUT2D eigenvalue weighted by Crippen LogP contribution is -2.39. The normalized spacial score (nSPS) is 11.9. The van der Waals surface area contributed by atoms with E-state index in [9.17, 15) is 4.79 Å². The van der Waals surface area contributed by atoms with Gasteiger partial charge in [-0.3, -0.25) is 4.79 Å². The number of amides is 1. The number of para-hydroxylation sites is 1. The van der Waals surface area contributed by atoms with Gasteiger partial charge in [-0.05, 0) is 37.3 Å². The molecule has 0 bridgehead atoms. The van der Waals surface area contributed by atoms with E-state index in [1.807, 2.05) is 55.5 Å². The van der Waals surface area contributed by atoms with Gasteiger partial charge < -0.3 is 20.1 Å². The zero-order chi connectivity index (χ0) is 20.3. The second kappa shape index (κ2) is 8.27. The van der Waals surface area contributed by atoms with E-state index in [4.69, 9.17) is 20.2 Å². The number of nitrogens with two attached hydrogens (primary N) is 1. The van der Waals surface area contributed by atoms with Gasteiger partial charge in [0.1, 0.15) is 0 Å². The average molecular weight is 379 g/mol. The maximum atomic E-state index is 13.2. The molecule has 146 valence electrons. The van der Waals surface area contributed by atoms with Gasteiger partial charge in [0.05, 0.1) is 31.0 Å². The highest BCUT2D eigenvalue weighted by atomic mass is 16.5. The molecule has 2 aromatic carbocycles. The SMILES string of the molecule is COc1ccc(-c2cc(C(=O)N(C)C(C)CN)c3ccccc3n2)cc1OC. The van der Waals surface area contributed by atoms with Crippen molar-refractivity contribution in [1.29, 1.82) is 0 Å². The minimum atomic E-state index is -0.0849. The van der Waals surface area contributed by atoms with Crippen molar-refractivity contribution in [2.75, 3.05) is 27.8 Å². The van der Waals surface area contributed by atoms with Gasteiger partial charge in [-0.1, -0.05) is 18.2 Å². The molecule has 1 heterocycles. The van der Waals surface area contributed by atoms with Gasteiger partial charge in [-0.25, -0.2) is 4.98 Å². The van der Waals surface area contributed by atoms with Crippen LogP contribution in [-0.4, -0.2) is 49.6 Å². The highest BCUT2D eigenvalue weighted by molar-refractivity contribution is 6.07. The van der Waals surface area contributed by atoms with Crippen LogP contribution in [0.5, 0.6) is 11.5 Å². The number of carbonyl (C=O) groups is 1. The quantitative estimate of drug-likeness (QED) is 0.711. The van der Waals surface area contributed by atoms with E-state index in [0.29, 0.717) is 29.3 Å². The molecule has 1 atom stereocenters. The summed E-state index contributed by atoms with van der Waals surface area (Å²) in [6.07, 6.45) is 0. The Hall–Kier alpha value is -3.12. The molecule has 1 aromatic heterocycles. The Labute approximate surface area is 164 Å². The first-order valence-electron chi connectivity index (χ1n) is 9.09. The second-order valence-electron chi connectivity index (χ2n) is 6.64. The summed E-state index contributed by atoms with van der Waals surface area (Å²) in [6, 6.07) is 15.0. The summed E-state index contributed by atoms with van der Waals surface area (Å²) in [6.45, 7) is 2.32. The topological polar surface area (TPSA) is 77.7 Å². The molecule has 2 N–H and O–H groups in total. The third-order valence-corrected chi connectivity index (χ3v) is 4.95. The van der Waals surface area contributed by atoms with Crippen LogP contribution in [0.15, 0.2) is 48.5 Å². The Bertz CT molecular complexity index is 1000. The minimum absolute atomic E-state index is 0.0658. The van der Waals surface area contributed by atoms with Gasteiger partial charge in [-0.15, -0.1) is 0 Å². The Morgan fingerprint density at radius 1 is 1.11 bits per heavy atom. The number of methoxy groups -OCH3 is 2. The van der Waals surface area contributed by atoms with Crippen molar-refractivity contribution in [1.82, 2.24) is 9.88 Å². The lowest BCUT2D eigenvalue weighted by molar-refractivity contribution is 0.0750. The molecular weight excluding hydrogens is 354 g/mol. The van der Waals surface area contributed by atoms with Crippen molar-refractivity contribution < 1.29 is 14.3 Å². The number of benzene rings is 2. The molecule has 0 aliphatic carbocycles. The van der Waals surface area contributed by atoms with E-state index < -0.39 is 0 Å². The van der Waals surface area contributed by atoms with Gasteiger partial charge in [0.15, 0.2) is 11.5 Å². The van der Waals surface area contributed by atoms with Crippen molar-refractivity contribution in [3.05, 3.63) is 54.1 Å². The maximum Gasteiger partial charge on any atom is 0.254 e. The molecule has 6 nitrogen and oxygen atoms in total. The second-order valence-corrected chi connectivity index (χ2v) is 6.64. The molecule has 0 saturated carbocycles. The third kappa shape index (κ3) is 3.64. The molecule has 0 radical (unpaired) electrons. The number of likely N-dealkylation sites (N-methyl/N-ethyl adjacent to an activating group) is 1. The molecule has 0 fully saturated rings. The number of ether oxygens (including phenoxy) is 2. The van der Waals surface area contributed by atoms with Crippen molar-refractivity contribution >= 4 is 16.8 Å². The summed E-state index contributed by atoms with van der Waals surface area (Å²) >= 11 is 0. The molecule has 3 rings (SSSR count). The van der Waals surface area contributed by atoms with Crippen LogP contribution in [0, 0.1) is 0 Å². The van der Waals surface area contributed by atoms with E-state index >= 15 is 0 Å². The first-order chi connectivity index (χ1) is 13.5. The van der Waals surface area contributed by atoms with Crippen molar-refractivity contribution in [2.24, 2.45) is 5.73 Å². The predicted octanol–water partition coefficient (Wildman–Crippen LogP) is 3.34. The lowest BCUT2D eigenvalue weighted by atomic mass is 10.0. The van der Waals surface area contributed by atoms with E-state index in [-0.39, 0.29) is 11.9 Å². The molecule has 1 unspecified atom stereocenters. The number of hydrogen-bond acceptors (Lipinski definition) is 5. The van der Waals surface area contributed by atoms with Crippen LogP contribution < -0.4 is 15.2 Å². The molecule has 0 aliphatic heterocycles. The summed E-state index contributed by atoms with van der Waals surface area (Å²) in [5.74, 6) is 1.16. The molecule has 3 aromatic rings. The number of rotatable bonds is 6. The summed E-state index contributed by atoms with van der Waals surface area (Å²) in [4.78, 5) is 19.6. The summed E-state index contributed by atoms with van der Waals surface area (Å²) in [5, 5.41) is 0.813. The molecular formula is C22H25N3O3. The lowest BCUT2D eigenvalue weighted by Gasteiger charge is -2.24. The zero-order valence-corrected chi connectivity index (χ0v) is 16.6. The van der Waals surface area contributed by atoms with E-state index in [1.165, 1.54) is 0 Å². The van der Waals surface area contributed by atoms with Crippen LogP contribution in [-0.2, 0) is 0 Å². The van der Waals surface area contributed by atoms with E-state index in [1.54, 1.807) is 26.2 Å². The minimum Gasteiger partial charge on any atom is -0.493 e. The van der Waals surface area contributed by atoms with Crippen LogP contribution in [0.2, 0.25) is 0 Å². The number of nitrogens with zero attached hydrogens (tertiary/aromatic N) is 2. The fraction of sp³-hybridized carbons (Fsp3) is 0.273. The average Bonchev–Trinajstić information content (AvgIpc) is 2.76. The maximum absolute atomic E-state index is 13.2. The molecule has 0 spiro atoms. The fourth-order valence-corrected chi connectivity index (χ4v) is 3.04. The standard InChI is InChI=1S/C22H25N3O3/c1-14(13-23)25(2)22(26)17-12-19(24-18-8-6-5-7-16(17)18)15-9-10-20(27-3)21(11-15)28-4/h5-12,14H,13,23H2,1-4H3. The predicted molar refractivity (Wildman–Crippen MR) is 111 cm³/mol. The molecule has 0 aliphatic rings. The van der Waals surface area contributed by atoms with Crippen LogP contribution >= 0.6 is 0 Å². The number of aromatic nitrogens is 1. The molecule has 28 heavy (non-hydrogen) atoms. The summed E-state index contributed by atoms with van der Waals surface area (Å²) < 4.78 is 10.7. The Morgan fingerprint density at radius 3 is 2.50 bits per heavy atom. The van der Waals surface area contributed by atoms with Crippen LogP contribution in [0.1, 0.15) is 17.3 Å². The smallest absolute Gasteiger partial charge is 0.254 e. The summed E-state index contributed by atoms with van der Waals surface area (Å²) in [5.41, 5.74) is 8.63. The fourth-order valence-electron chi connectivity index (χ4n) is 3.04. The van der Waals surface area contributed by atoms with Crippen LogP contribution in [0.4, 0.5) is 0 Å². The van der Waals surface area contributed by atoms with Gasteiger partial charge in [0.2, 0.25) is 0 Å². The largest absolute Gasteiger partial charge is 0.493 e.